The lowest BCUT2D eigenvalue weighted by Gasteiger charge is -2.25. The Bertz CT molecular complexity index is 1340. The fourth-order valence-corrected chi connectivity index (χ4v) is 6.72. The van der Waals surface area contributed by atoms with E-state index in [4.69, 9.17) is 18.9 Å². The quantitative estimate of drug-likeness (QED) is 0.0211. The van der Waals surface area contributed by atoms with Gasteiger partial charge in [-0.15, -0.1) is 0 Å². The van der Waals surface area contributed by atoms with E-state index in [0.717, 1.165) is 103 Å². The number of ether oxygens (including phenoxy) is 4. The number of hydrogen-bond donors (Lipinski definition) is 1. The second-order valence-corrected chi connectivity index (χ2v) is 18.1. The van der Waals surface area contributed by atoms with Gasteiger partial charge >= 0.3 is 17.9 Å². The Labute approximate surface area is 398 Å². The Morgan fingerprint density at radius 3 is 1.23 bits per heavy atom. The highest BCUT2D eigenvalue weighted by atomic mass is 16.7. The molecule has 0 heterocycles. The van der Waals surface area contributed by atoms with Gasteiger partial charge in [0, 0.05) is 12.8 Å². The van der Waals surface area contributed by atoms with E-state index in [1.54, 1.807) is 0 Å². The van der Waals surface area contributed by atoms with Gasteiger partial charge in [0.05, 0.1) is 34.4 Å². The summed E-state index contributed by atoms with van der Waals surface area (Å²) in [6.07, 6.45) is 57.9. The molecule has 0 rings (SSSR count). The van der Waals surface area contributed by atoms with E-state index in [2.05, 4.69) is 98.9 Å². The van der Waals surface area contributed by atoms with Gasteiger partial charge in [-0.1, -0.05) is 182 Å². The van der Waals surface area contributed by atoms with Crippen molar-refractivity contribution in [3.8, 4) is 0 Å². The average molecular weight is 911 g/mol. The minimum absolute atomic E-state index is 0.180. The molecule has 1 N–H and O–H groups in total. The van der Waals surface area contributed by atoms with E-state index in [1.165, 1.54) is 57.8 Å². The molecule has 0 amide bonds. The first kappa shape index (κ1) is 61.5. The van der Waals surface area contributed by atoms with Crippen LogP contribution in [0.4, 0.5) is 0 Å². The van der Waals surface area contributed by atoms with Gasteiger partial charge in [-0.05, 0) is 83.5 Å². The number of nitrogens with zero attached hydrogens (tertiary/aromatic N) is 1. The highest BCUT2D eigenvalue weighted by molar-refractivity contribution is 5.71. The zero-order chi connectivity index (χ0) is 47.7. The first-order valence-electron chi connectivity index (χ1n) is 25.8. The number of aliphatic carboxylic acids is 1. The molecular weight excluding hydrogens is 815 g/mol. The van der Waals surface area contributed by atoms with E-state index in [0.29, 0.717) is 17.4 Å². The largest absolute Gasteiger partial charge is 0.477 e. The Hall–Kier alpha value is -3.53. The molecule has 9 nitrogen and oxygen atoms in total. The zero-order valence-electron chi connectivity index (χ0n) is 42.1. The summed E-state index contributed by atoms with van der Waals surface area (Å²) in [6, 6.07) is 0. The Balaban J connectivity index is 4.32. The zero-order valence-corrected chi connectivity index (χ0v) is 42.1. The maximum Gasteiger partial charge on any atom is 0.361 e. The molecule has 9 heteroatoms. The number of rotatable bonds is 46. The molecule has 0 aliphatic carbocycles. The van der Waals surface area contributed by atoms with Crippen molar-refractivity contribution in [1.82, 2.24) is 0 Å². The van der Waals surface area contributed by atoms with Crippen LogP contribution >= 0.6 is 0 Å². The number of likely N-dealkylation sites (N-methyl/N-ethyl adjacent to an activating group) is 1. The standard InChI is InChI=1S/C56H95NO8/c1-6-8-10-12-14-16-18-20-22-23-24-25-26-27-28-29-30-31-33-35-37-39-41-43-45-47-54(59)65-52(51-64-56(55(60)61)62-49-48-57(3,4)5)50-63-53(58)46-44-42-40-38-36-34-32-21-19-17-15-13-11-9-7-2/h8-11,14-17,20-22,24-25,32,52,56H,6-7,12-13,18-19,23,26-31,33-51H2,1-5H3/p+1/b10-8-,11-9-,16-14-,17-15-,22-20-,25-24-,32-21-. The van der Waals surface area contributed by atoms with Crippen molar-refractivity contribution in [3.63, 3.8) is 0 Å². The predicted molar refractivity (Wildman–Crippen MR) is 272 cm³/mol. The van der Waals surface area contributed by atoms with Crippen LogP contribution in [0.2, 0.25) is 0 Å². The third kappa shape index (κ3) is 48.2. The van der Waals surface area contributed by atoms with Gasteiger partial charge < -0.3 is 28.5 Å². The van der Waals surface area contributed by atoms with E-state index in [1.807, 2.05) is 21.1 Å². The maximum absolute atomic E-state index is 12.8. The summed E-state index contributed by atoms with van der Waals surface area (Å²) in [6.45, 7) is 4.62. The molecule has 0 saturated heterocycles. The minimum Gasteiger partial charge on any atom is -0.477 e. The van der Waals surface area contributed by atoms with Crippen LogP contribution in [-0.2, 0) is 33.3 Å². The third-order valence-corrected chi connectivity index (χ3v) is 10.6. The topological polar surface area (TPSA) is 108 Å². The number of allylic oxidation sites excluding steroid dienone is 14. The molecule has 0 aliphatic heterocycles. The molecule has 0 aromatic carbocycles. The molecule has 2 unspecified atom stereocenters. The van der Waals surface area contributed by atoms with Crippen molar-refractivity contribution in [2.45, 2.75) is 206 Å². The van der Waals surface area contributed by atoms with Gasteiger partial charge in [0.2, 0.25) is 0 Å². The molecule has 0 bridgehead atoms. The Kier molecular flexibility index (Phi) is 44.4. The summed E-state index contributed by atoms with van der Waals surface area (Å²) < 4.78 is 22.8. The van der Waals surface area contributed by atoms with E-state index in [-0.39, 0.29) is 38.6 Å². The second kappa shape index (κ2) is 47.0. The van der Waals surface area contributed by atoms with Crippen LogP contribution in [0.25, 0.3) is 0 Å². The fourth-order valence-electron chi connectivity index (χ4n) is 6.72. The Morgan fingerprint density at radius 2 is 0.831 bits per heavy atom. The van der Waals surface area contributed by atoms with Crippen LogP contribution in [0, 0.1) is 0 Å². The van der Waals surface area contributed by atoms with Crippen LogP contribution in [-0.4, -0.2) is 87.4 Å². The third-order valence-electron chi connectivity index (χ3n) is 10.6. The monoisotopic (exact) mass is 911 g/mol. The molecule has 0 saturated carbocycles. The summed E-state index contributed by atoms with van der Waals surface area (Å²) >= 11 is 0. The van der Waals surface area contributed by atoms with Gasteiger partial charge in [-0.2, -0.15) is 0 Å². The first-order chi connectivity index (χ1) is 31.6. The maximum atomic E-state index is 12.8. The summed E-state index contributed by atoms with van der Waals surface area (Å²) in [5.41, 5.74) is 0. The molecule has 0 aliphatic rings. The van der Waals surface area contributed by atoms with Gasteiger partial charge in [-0.25, -0.2) is 4.79 Å². The number of esters is 2. The van der Waals surface area contributed by atoms with Crippen molar-refractivity contribution in [2.75, 3.05) is 47.5 Å². The van der Waals surface area contributed by atoms with Crippen LogP contribution in [0.5, 0.6) is 0 Å². The SMILES string of the molecule is CC/C=C\C/C=C\C/C=C\C/C=C\CCCCCCCCCCCCCCC(=O)OC(COC(=O)CCCCCCC/C=C\C/C=C\C/C=C\CC)COC(OCC[N+](C)(C)C)C(=O)O. The first-order valence-corrected chi connectivity index (χ1v) is 25.8. The van der Waals surface area contributed by atoms with Crippen LogP contribution in [0.15, 0.2) is 85.1 Å². The number of carbonyl (C=O) groups is 3. The Morgan fingerprint density at radius 1 is 0.462 bits per heavy atom. The normalized spacial score (nSPS) is 13.6. The summed E-state index contributed by atoms with van der Waals surface area (Å²) in [4.78, 5) is 37.3. The number of carboxylic acids is 1. The lowest BCUT2D eigenvalue weighted by Crippen LogP contribution is -2.40. The van der Waals surface area contributed by atoms with Crippen molar-refractivity contribution >= 4 is 17.9 Å². The van der Waals surface area contributed by atoms with Crippen LogP contribution < -0.4 is 0 Å². The number of unbranched alkanes of at least 4 members (excludes halogenated alkanes) is 17. The van der Waals surface area contributed by atoms with Crippen molar-refractivity contribution in [3.05, 3.63) is 85.1 Å². The number of quaternary nitrogens is 1. The molecule has 372 valence electrons. The lowest BCUT2D eigenvalue weighted by molar-refractivity contribution is -0.870. The molecule has 0 aromatic heterocycles. The highest BCUT2D eigenvalue weighted by Gasteiger charge is 2.25. The van der Waals surface area contributed by atoms with Crippen LogP contribution in [0.1, 0.15) is 194 Å². The summed E-state index contributed by atoms with van der Waals surface area (Å²) in [5, 5.41) is 9.67. The van der Waals surface area contributed by atoms with E-state index in [9.17, 15) is 19.5 Å². The predicted octanol–water partition coefficient (Wildman–Crippen LogP) is 14.4. The summed E-state index contributed by atoms with van der Waals surface area (Å²) in [5.74, 6) is -2.04. The average Bonchev–Trinajstić information content (AvgIpc) is 3.27. The molecule has 0 radical (unpaired) electrons. The van der Waals surface area contributed by atoms with Crippen LogP contribution in [0.3, 0.4) is 0 Å². The van der Waals surface area contributed by atoms with E-state index < -0.39 is 24.3 Å². The number of carbonyl (C=O) groups excluding carboxylic acids is 2. The smallest absolute Gasteiger partial charge is 0.361 e. The second-order valence-electron chi connectivity index (χ2n) is 18.1. The molecule has 0 fully saturated rings. The van der Waals surface area contributed by atoms with Crippen molar-refractivity contribution < 1.29 is 42.9 Å². The van der Waals surface area contributed by atoms with Gasteiger partial charge in [0.15, 0.2) is 6.10 Å². The number of hydrogen-bond acceptors (Lipinski definition) is 7. The minimum atomic E-state index is -1.52. The molecule has 0 aromatic rings. The van der Waals surface area contributed by atoms with Gasteiger partial charge in [-0.3, -0.25) is 9.59 Å². The molecular formula is C56H96NO8+. The summed E-state index contributed by atoms with van der Waals surface area (Å²) in [7, 11) is 5.95. The van der Waals surface area contributed by atoms with Crippen molar-refractivity contribution in [2.24, 2.45) is 0 Å². The number of carboxylic acid groups (broad SMARTS) is 1. The highest BCUT2D eigenvalue weighted by Crippen LogP contribution is 2.15. The molecule has 2 atom stereocenters. The lowest BCUT2D eigenvalue weighted by atomic mass is 10.0. The van der Waals surface area contributed by atoms with E-state index >= 15 is 0 Å². The van der Waals surface area contributed by atoms with Crippen molar-refractivity contribution in [1.29, 1.82) is 0 Å². The molecule has 65 heavy (non-hydrogen) atoms. The van der Waals surface area contributed by atoms with Gasteiger partial charge in [0.25, 0.3) is 6.29 Å². The van der Waals surface area contributed by atoms with Gasteiger partial charge in [0.1, 0.15) is 13.2 Å². The molecule has 0 spiro atoms. The fraction of sp³-hybridized carbons (Fsp3) is 0.696.